The smallest absolute Gasteiger partial charge is 0.263 e. The number of hydrogen-bond donors (Lipinski definition) is 2. The van der Waals surface area contributed by atoms with Gasteiger partial charge in [0, 0.05) is 17.1 Å². The number of imide groups is 2. The van der Waals surface area contributed by atoms with Crippen molar-refractivity contribution in [3.63, 3.8) is 0 Å². The van der Waals surface area contributed by atoms with Crippen molar-refractivity contribution in [3.05, 3.63) is 29.3 Å². The van der Waals surface area contributed by atoms with E-state index in [1.54, 1.807) is 23.9 Å². The molecular formula is C18H19N3O4S. The van der Waals surface area contributed by atoms with E-state index in [-0.39, 0.29) is 18.7 Å². The van der Waals surface area contributed by atoms with Gasteiger partial charge in [0.25, 0.3) is 11.8 Å². The van der Waals surface area contributed by atoms with Crippen molar-refractivity contribution in [1.82, 2.24) is 15.5 Å². The summed E-state index contributed by atoms with van der Waals surface area (Å²) in [4.78, 5) is 51.0. The Balaban J connectivity index is 1.58. The maximum Gasteiger partial charge on any atom is 0.263 e. The second-order valence-electron chi connectivity index (χ2n) is 6.80. The lowest BCUT2D eigenvalue weighted by Crippen LogP contribution is -2.54. The summed E-state index contributed by atoms with van der Waals surface area (Å²) in [5, 5.41) is 5.54. The van der Waals surface area contributed by atoms with Crippen molar-refractivity contribution >= 4 is 35.4 Å². The van der Waals surface area contributed by atoms with E-state index in [9.17, 15) is 19.2 Å². The van der Waals surface area contributed by atoms with Crippen LogP contribution in [0.4, 0.5) is 0 Å². The monoisotopic (exact) mass is 373 g/mol. The van der Waals surface area contributed by atoms with Crippen molar-refractivity contribution in [3.8, 4) is 0 Å². The minimum Gasteiger partial charge on any atom is -0.316 e. The van der Waals surface area contributed by atoms with Crippen LogP contribution in [0, 0.1) is 5.92 Å². The molecule has 3 heterocycles. The van der Waals surface area contributed by atoms with Gasteiger partial charge in [0.2, 0.25) is 11.8 Å². The highest BCUT2D eigenvalue weighted by molar-refractivity contribution is 7.99. The lowest BCUT2D eigenvalue weighted by molar-refractivity contribution is -0.136. The van der Waals surface area contributed by atoms with Gasteiger partial charge < -0.3 is 5.32 Å². The molecule has 4 rings (SSSR count). The third kappa shape index (κ3) is 2.93. The largest absolute Gasteiger partial charge is 0.316 e. The van der Waals surface area contributed by atoms with Crippen molar-refractivity contribution in [1.29, 1.82) is 0 Å². The van der Waals surface area contributed by atoms with Gasteiger partial charge in [-0.05, 0) is 44.0 Å². The van der Waals surface area contributed by atoms with Gasteiger partial charge in [0.15, 0.2) is 0 Å². The van der Waals surface area contributed by atoms with Crippen molar-refractivity contribution in [2.45, 2.75) is 30.2 Å². The summed E-state index contributed by atoms with van der Waals surface area (Å²) >= 11 is 1.58. The number of carbonyl (C=O) groups is 4. The molecule has 1 aromatic rings. The highest BCUT2D eigenvalue weighted by Gasteiger charge is 2.45. The van der Waals surface area contributed by atoms with E-state index in [2.05, 4.69) is 10.6 Å². The van der Waals surface area contributed by atoms with Crippen LogP contribution < -0.4 is 10.6 Å². The lowest BCUT2D eigenvalue weighted by Gasteiger charge is -2.27. The predicted molar refractivity (Wildman–Crippen MR) is 94.8 cm³/mol. The maximum atomic E-state index is 13.0. The molecule has 1 aromatic carbocycles. The fourth-order valence-corrected chi connectivity index (χ4v) is 4.88. The zero-order valence-electron chi connectivity index (χ0n) is 14.1. The number of carbonyl (C=O) groups excluding carboxylic acids is 4. The van der Waals surface area contributed by atoms with Crippen LogP contribution in [-0.4, -0.2) is 53.4 Å². The molecule has 2 unspecified atom stereocenters. The average Bonchev–Trinajstić information content (AvgIpc) is 3.22. The van der Waals surface area contributed by atoms with Gasteiger partial charge in [-0.3, -0.25) is 29.4 Å². The van der Waals surface area contributed by atoms with Crippen LogP contribution in [0.15, 0.2) is 23.1 Å². The number of thioether (sulfide) groups is 1. The van der Waals surface area contributed by atoms with Gasteiger partial charge >= 0.3 is 0 Å². The molecule has 2 atom stereocenters. The molecule has 2 fully saturated rings. The SMILES string of the molecule is O=C1CCC(N2C(=O)c3cccc(SCC4CCNC4)c3C2=O)C(=O)N1. The van der Waals surface area contributed by atoms with Crippen LogP contribution in [0.5, 0.6) is 0 Å². The summed E-state index contributed by atoms with van der Waals surface area (Å²) < 4.78 is 0. The van der Waals surface area contributed by atoms with Crippen LogP contribution in [0.25, 0.3) is 0 Å². The van der Waals surface area contributed by atoms with Gasteiger partial charge in [-0.25, -0.2) is 0 Å². The van der Waals surface area contributed by atoms with Gasteiger partial charge in [-0.2, -0.15) is 0 Å². The summed E-state index contributed by atoms with van der Waals surface area (Å²) in [6, 6.07) is 4.33. The van der Waals surface area contributed by atoms with Gasteiger partial charge in [0.1, 0.15) is 6.04 Å². The first-order chi connectivity index (χ1) is 12.6. The summed E-state index contributed by atoms with van der Waals surface area (Å²) in [7, 11) is 0. The fourth-order valence-electron chi connectivity index (χ4n) is 3.67. The topological polar surface area (TPSA) is 95.6 Å². The summed E-state index contributed by atoms with van der Waals surface area (Å²) in [6.07, 6.45) is 1.41. The summed E-state index contributed by atoms with van der Waals surface area (Å²) in [5.74, 6) is -0.416. The highest BCUT2D eigenvalue weighted by atomic mass is 32.2. The number of fused-ring (bicyclic) bond motifs is 1. The minimum absolute atomic E-state index is 0.125. The molecule has 0 bridgehead atoms. The molecule has 7 nitrogen and oxygen atoms in total. The van der Waals surface area contributed by atoms with Crippen molar-refractivity contribution in [2.75, 3.05) is 18.8 Å². The van der Waals surface area contributed by atoms with Gasteiger partial charge in [-0.1, -0.05) is 6.07 Å². The third-order valence-corrected chi connectivity index (χ3v) is 6.36. The average molecular weight is 373 g/mol. The number of nitrogens with one attached hydrogen (secondary N) is 2. The van der Waals surface area contributed by atoms with Crippen molar-refractivity contribution in [2.24, 2.45) is 5.92 Å². The van der Waals surface area contributed by atoms with E-state index in [1.807, 2.05) is 6.07 Å². The van der Waals surface area contributed by atoms with E-state index in [0.717, 1.165) is 35.1 Å². The Morgan fingerprint density at radius 1 is 1.12 bits per heavy atom. The second kappa shape index (κ2) is 6.85. The highest BCUT2D eigenvalue weighted by Crippen LogP contribution is 2.35. The van der Waals surface area contributed by atoms with Crippen LogP contribution in [0.3, 0.4) is 0 Å². The zero-order valence-corrected chi connectivity index (χ0v) is 14.9. The summed E-state index contributed by atoms with van der Waals surface area (Å²) in [5.41, 5.74) is 0.729. The number of nitrogens with zero attached hydrogens (tertiary/aromatic N) is 1. The number of piperidine rings is 1. The van der Waals surface area contributed by atoms with Crippen LogP contribution in [0.2, 0.25) is 0 Å². The Kier molecular flexibility index (Phi) is 4.54. The van der Waals surface area contributed by atoms with E-state index in [0.29, 0.717) is 17.0 Å². The molecule has 0 aromatic heterocycles. The molecule has 2 saturated heterocycles. The molecule has 136 valence electrons. The first kappa shape index (κ1) is 17.2. The maximum absolute atomic E-state index is 13.0. The quantitative estimate of drug-likeness (QED) is 0.598. The third-order valence-electron chi connectivity index (χ3n) is 5.07. The lowest BCUT2D eigenvalue weighted by atomic mass is 10.0. The Labute approximate surface area is 154 Å². The van der Waals surface area contributed by atoms with Crippen LogP contribution in [0.1, 0.15) is 40.0 Å². The van der Waals surface area contributed by atoms with Gasteiger partial charge in [0.05, 0.1) is 11.1 Å². The molecule has 0 spiro atoms. The molecule has 8 heteroatoms. The minimum atomic E-state index is -0.919. The van der Waals surface area contributed by atoms with Crippen molar-refractivity contribution < 1.29 is 19.2 Å². The Morgan fingerprint density at radius 3 is 2.69 bits per heavy atom. The number of hydrogen-bond acceptors (Lipinski definition) is 6. The van der Waals surface area contributed by atoms with E-state index < -0.39 is 23.8 Å². The molecule has 3 aliphatic rings. The van der Waals surface area contributed by atoms with Crippen LogP contribution >= 0.6 is 11.8 Å². The molecule has 2 N–H and O–H groups in total. The standard InChI is InChI=1S/C18H19N3O4S/c22-14-5-4-12(16(23)20-14)21-17(24)11-2-1-3-13(15(11)18(21)25)26-9-10-6-7-19-8-10/h1-3,10,12,19H,4-9H2,(H,20,22,23). The molecule has 26 heavy (non-hydrogen) atoms. The molecular weight excluding hydrogens is 354 g/mol. The Bertz CT molecular complexity index is 804. The van der Waals surface area contributed by atoms with E-state index in [1.165, 1.54) is 0 Å². The molecule has 0 aliphatic carbocycles. The van der Waals surface area contributed by atoms with Crippen LogP contribution in [-0.2, 0) is 9.59 Å². The first-order valence-corrected chi connectivity index (χ1v) is 9.73. The molecule has 3 aliphatic heterocycles. The van der Waals surface area contributed by atoms with Gasteiger partial charge in [-0.15, -0.1) is 11.8 Å². The Hall–Kier alpha value is -2.19. The molecule has 0 saturated carbocycles. The summed E-state index contributed by atoms with van der Waals surface area (Å²) in [6.45, 7) is 1.98. The predicted octanol–water partition coefficient (Wildman–Crippen LogP) is 0.789. The molecule has 0 radical (unpaired) electrons. The fraction of sp³-hybridized carbons (Fsp3) is 0.444. The van der Waals surface area contributed by atoms with E-state index >= 15 is 0 Å². The molecule has 4 amide bonds. The van der Waals surface area contributed by atoms with E-state index in [4.69, 9.17) is 0 Å². The second-order valence-corrected chi connectivity index (χ2v) is 7.86. The zero-order chi connectivity index (χ0) is 18.3. The first-order valence-electron chi connectivity index (χ1n) is 8.74. The Morgan fingerprint density at radius 2 is 1.96 bits per heavy atom. The number of rotatable bonds is 4. The normalized spacial score (nSPS) is 25.6. The number of benzene rings is 1. The number of amides is 4.